The third kappa shape index (κ3) is 4.91. The minimum absolute atomic E-state index is 0.00905. The van der Waals surface area contributed by atoms with Gasteiger partial charge in [-0.05, 0) is 51.0 Å². The number of para-hydroxylation sites is 1. The first-order valence-electron chi connectivity index (χ1n) is 10.9. The Balaban J connectivity index is 1.98. The molecule has 0 saturated heterocycles. The Hall–Kier alpha value is -2.58. The van der Waals surface area contributed by atoms with Crippen LogP contribution >= 0.6 is 0 Å². The molecule has 32 heavy (non-hydrogen) atoms. The molecule has 1 aliphatic heterocycles. The number of rotatable bonds is 8. The summed E-state index contributed by atoms with van der Waals surface area (Å²) >= 11 is 0. The molecule has 174 valence electrons. The first kappa shape index (κ1) is 24.1. The van der Waals surface area contributed by atoms with Gasteiger partial charge in [0.2, 0.25) is 10.0 Å². The molecule has 0 fully saturated rings. The fraction of sp³-hybridized carbons (Fsp3) is 0.458. The molecule has 0 unspecified atom stereocenters. The van der Waals surface area contributed by atoms with E-state index in [1.165, 1.54) is 25.3 Å². The Morgan fingerprint density at radius 3 is 2.50 bits per heavy atom. The lowest BCUT2D eigenvalue weighted by Crippen LogP contribution is -2.44. The van der Waals surface area contributed by atoms with E-state index < -0.39 is 21.7 Å². The zero-order valence-corrected chi connectivity index (χ0v) is 20.1. The zero-order chi connectivity index (χ0) is 23.5. The van der Waals surface area contributed by atoms with E-state index >= 15 is 0 Å². The second-order valence-corrected chi connectivity index (χ2v) is 10.1. The topological polar surface area (TPSA) is 93.7 Å². The molecule has 1 aliphatic rings. The summed E-state index contributed by atoms with van der Waals surface area (Å²) in [6.45, 7) is 7.77. The van der Waals surface area contributed by atoms with Gasteiger partial charge in [-0.15, -0.1) is 0 Å². The number of methoxy groups -OCH3 is 1. The van der Waals surface area contributed by atoms with E-state index in [0.29, 0.717) is 17.9 Å². The second-order valence-electron chi connectivity index (χ2n) is 8.40. The lowest BCUT2D eigenvalue weighted by atomic mass is 9.84. The van der Waals surface area contributed by atoms with E-state index in [9.17, 15) is 13.2 Å². The number of sulfonamides is 1. The maximum Gasteiger partial charge on any atom is 0.255 e. The highest BCUT2D eigenvalue weighted by Crippen LogP contribution is 2.43. The maximum absolute atomic E-state index is 13.4. The van der Waals surface area contributed by atoms with Gasteiger partial charge in [0, 0.05) is 18.0 Å². The van der Waals surface area contributed by atoms with E-state index in [4.69, 9.17) is 9.47 Å². The van der Waals surface area contributed by atoms with Gasteiger partial charge in [-0.25, -0.2) is 13.1 Å². The average Bonchev–Trinajstić information content (AvgIpc) is 2.77. The molecule has 0 bridgehead atoms. The number of hydrogen-bond donors (Lipinski definition) is 2. The molecule has 7 nitrogen and oxygen atoms in total. The van der Waals surface area contributed by atoms with Crippen molar-refractivity contribution < 1.29 is 22.7 Å². The maximum atomic E-state index is 13.4. The lowest BCUT2D eigenvalue weighted by molar-refractivity contribution is 0.0260. The third-order valence-electron chi connectivity index (χ3n) is 5.93. The monoisotopic (exact) mass is 460 g/mol. The Labute approximate surface area is 190 Å². The number of ether oxygens (including phenoxy) is 2. The molecular weight excluding hydrogens is 428 g/mol. The van der Waals surface area contributed by atoms with Crippen molar-refractivity contribution in [1.29, 1.82) is 0 Å². The van der Waals surface area contributed by atoms with Gasteiger partial charge in [0.15, 0.2) is 0 Å². The van der Waals surface area contributed by atoms with Gasteiger partial charge in [-0.2, -0.15) is 0 Å². The molecule has 1 amide bonds. The smallest absolute Gasteiger partial charge is 0.255 e. The molecule has 0 saturated carbocycles. The Kier molecular flexibility index (Phi) is 7.15. The fourth-order valence-electron chi connectivity index (χ4n) is 4.03. The summed E-state index contributed by atoms with van der Waals surface area (Å²) < 4.78 is 41.2. The van der Waals surface area contributed by atoms with Gasteiger partial charge >= 0.3 is 0 Å². The van der Waals surface area contributed by atoms with Gasteiger partial charge in [0.1, 0.15) is 17.1 Å². The lowest BCUT2D eigenvalue weighted by Gasteiger charge is -2.41. The standard InChI is InChI=1S/C24H32N2O5S/c1-6-24(7-2)15-20(18-10-8-9-11-22(18)31-24)26-32(28,29)17-12-13-21(30-5)19(14-17)23(27)25-16(3)4/h8-14,16,20,26H,6-7,15H2,1-5H3,(H,25,27)/t20-/m1/s1. The number of carbonyl (C=O) groups is 1. The highest BCUT2D eigenvalue weighted by molar-refractivity contribution is 7.89. The predicted molar refractivity (Wildman–Crippen MR) is 124 cm³/mol. The van der Waals surface area contributed by atoms with Crippen LogP contribution in [0.15, 0.2) is 47.4 Å². The Morgan fingerprint density at radius 1 is 1.19 bits per heavy atom. The van der Waals surface area contributed by atoms with E-state index in [0.717, 1.165) is 18.4 Å². The molecular formula is C24H32N2O5S. The number of fused-ring (bicyclic) bond motifs is 1. The average molecular weight is 461 g/mol. The van der Waals surface area contributed by atoms with Crippen molar-refractivity contribution in [3.05, 3.63) is 53.6 Å². The van der Waals surface area contributed by atoms with Crippen LogP contribution < -0.4 is 19.5 Å². The highest BCUT2D eigenvalue weighted by atomic mass is 32.2. The van der Waals surface area contributed by atoms with Crippen LogP contribution in [0.5, 0.6) is 11.5 Å². The van der Waals surface area contributed by atoms with Crippen molar-refractivity contribution in [1.82, 2.24) is 10.0 Å². The SMILES string of the molecule is CCC1(CC)C[C@@H](NS(=O)(=O)c2ccc(OC)c(C(=O)NC(C)C)c2)c2ccccc2O1. The van der Waals surface area contributed by atoms with E-state index in [1.807, 2.05) is 52.0 Å². The largest absolute Gasteiger partial charge is 0.496 e. The molecule has 3 rings (SSSR count). The minimum atomic E-state index is -3.92. The molecule has 0 aromatic heterocycles. The van der Waals surface area contributed by atoms with Crippen molar-refractivity contribution in [2.75, 3.05) is 7.11 Å². The summed E-state index contributed by atoms with van der Waals surface area (Å²) in [6, 6.07) is 11.3. The quantitative estimate of drug-likeness (QED) is 0.616. The summed E-state index contributed by atoms with van der Waals surface area (Å²) in [5.74, 6) is 0.623. The number of benzene rings is 2. The molecule has 1 heterocycles. The van der Waals surface area contributed by atoms with Crippen molar-refractivity contribution in [3.63, 3.8) is 0 Å². The summed E-state index contributed by atoms with van der Waals surface area (Å²) in [5.41, 5.74) is 0.539. The van der Waals surface area contributed by atoms with Crippen LogP contribution in [0.1, 0.15) is 68.9 Å². The third-order valence-corrected chi connectivity index (χ3v) is 7.40. The first-order valence-corrected chi connectivity index (χ1v) is 12.4. The highest BCUT2D eigenvalue weighted by Gasteiger charge is 2.40. The molecule has 2 aromatic rings. The van der Waals surface area contributed by atoms with Gasteiger partial charge in [-0.1, -0.05) is 32.0 Å². The molecule has 2 aromatic carbocycles. The van der Waals surface area contributed by atoms with Gasteiger partial charge in [0.25, 0.3) is 5.91 Å². The van der Waals surface area contributed by atoms with Crippen LogP contribution in [0.25, 0.3) is 0 Å². The van der Waals surface area contributed by atoms with E-state index in [2.05, 4.69) is 10.0 Å². The minimum Gasteiger partial charge on any atom is -0.496 e. The molecule has 0 spiro atoms. The number of hydrogen-bond acceptors (Lipinski definition) is 5. The summed E-state index contributed by atoms with van der Waals surface area (Å²) in [6.07, 6.45) is 2.04. The van der Waals surface area contributed by atoms with Crippen LogP contribution in [0, 0.1) is 0 Å². The predicted octanol–water partition coefficient (Wildman–Crippen LogP) is 4.19. The van der Waals surface area contributed by atoms with Crippen molar-refractivity contribution >= 4 is 15.9 Å². The van der Waals surface area contributed by atoms with Crippen molar-refractivity contribution in [3.8, 4) is 11.5 Å². The summed E-state index contributed by atoms with van der Waals surface area (Å²) in [7, 11) is -2.47. The molecule has 1 atom stereocenters. The van der Waals surface area contributed by atoms with Crippen LogP contribution in [-0.4, -0.2) is 33.1 Å². The van der Waals surface area contributed by atoms with Crippen LogP contribution in [-0.2, 0) is 10.0 Å². The van der Waals surface area contributed by atoms with Crippen molar-refractivity contribution in [2.45, 2.75) is 69.5 Å². The van der Waals surface area contributed by atoms with Gasteiger partial charge < -0.3 is 14.8 Å². The van der Waals surface area contributed by atoms with Crippen LogP contribution in [0.4, 0.5) is 0 Å². The Morgan fingerprint density at radius 2 is 1.88 bits per heavy atom. The molecule has 0 radical (unpaired) electrons. The number of amides is 1. The zero-order valence-electron chi connectivity index (χ0n) is 19.3. The van der Waals surface area contributed by atoms with Gasteiger partial charge in [0.05, 0.1) is 23.6 Å². The molecule has 0 aliphatic carbocycles. The number of nitrogens with one attached hydrogen (secondary N) is 2. The Bertz CT molecular complexity index is 1080. The summed E-state index contributed by atoms with van der Waals surface area (Å²) in [5, 5.41) is 2.78. The number of carbonyl (C=O) groups excluding carboxylic acids is 1. The summed E-state index contributed by atoms with van der Waals surface area (Å²) in [4.78, 5) is 12.6. The van der Waals surface area contributed by atoms with E-state index in [1.54, 1.807) is 0 Å². The first-order chi connectivity index (χ1) is 15.1. The normalized spacial score (nSPS) is 17.4. The van der Waals surface area contributed by atoms with E-state index in [-0.39, 0.29) is 22.4 Å². The fourth-order valence-corrected chi connectivity index (χ4v) is 5.27. The molecule has 8 heteroatoms. The van der Waals surface area contributed by atoms with Gasteiger partial charge in [-0.3, -0.25) is 4.79 Å². The second kappa shape index (κ2) is 9.50. The van der Waals surface area contributed by atoms with Crippen LogP contribution in [0.3, 0.4) is 0 Å². The van der Waals surface area contributed by atoms with Crippen molar-refractivity contribution in [2.24, 2.45) is 0 Å². The molecule has 2 N–H and O–H groups in total. The van der Waals surface area contributed by atoms with Crippen LogP contribution in [0.2, 0.25) is 0 Å².